The Labute approximate surface area is 105 Å². The number of hydrogen-bond donors (Lipinski definition) is 0. The number of aromatic nitrogens is 2. The van der Waals surface area contributed by atoms with E-state index < -0.39 is 0 Å². The number of imidazole rings is 1. The Bertz CT molecular complexity index is 639. The molecule has 1 aliphatic heterocycles. The Kier molecular flexibility index (Phi) is 2.63. The number of carbonyl (C=O) groups is 1. The Balaban J connectivity index is 2.15. The van der Waals surface area contributed by atoms with Crippen molar-refractivity contribution in [2.24, 2.45) is 0 Å². The zero-order valence-corrected chi connectivity index (χ0v) is 10.5. The molecule has 0 bridgehead atoms. The molecule has 3 rings (SSSR count). The van der Waals surface area contributed by atoms with Crippen molar-refractivity contribution in [1.29, 1.82) is 0 Å². The first-order chi connectivity index (χ1) is 8.66. The minimum absolute atomic E-state index is 0.305. The third-order valence-corrected chi connectivity index (χ3v) is 3.31. The lowest BCUT2D eigenvalue weighted by Gasteiger charge is -2.14. The van der Waals surface area contributed by atoms with E-state index in [2.05, 4.69) is 14.2 Å². The Hall–Kier alpha value is -1.74. The van der Waals surface area contributed by atoms with Crippen LogP contribution >= 0.6 is 9.24 Å². The molecule has 0 spiro atoms. The highest BCUT2D eigenvalue weighted by Gasteiger charge is 2.25. The lowest BCUT2D eigenvalue weighted by molar-refractivity contribution is 0.0468. The van der Waals surface area contributed by atoms with Crippen molar-refractivity contribution in [3.63, 3.8) is 0 Å². The zero-order valence-electron chi connectivity index (χ0n) is 9.39. The van der Waals surface area contributed by atoms with Crippen molar-refractivity contribution in [3.8, 4) is 5.69 Å². The van der Waals surface area contributed by atoms with E-state index in [0.29, 0.717) is 29.7 Å². The van der Waals surface area contributed by atoms with E-state index in [0.717, 1.165) is 5.69 Å². The van der Waals surface area contributed by atoms with E-state index in [9.17, 15) is 9.18 Å². The number of esters is 1. The van der Waals surface area contributed by atoms with E-state index in [-0.39, 0.29) is 11.8 Å². The third kappa shape index (κ3) is 1.71. The Morgan fingerprint density at radius 3 is 3.06 bits per heavy atom. The van der Waals surface area contributed by atoms with Crippen LogP contribution in [-0.4, -0.2) is 22.1 Å². The minimum Gasteiger partial charge on any atom is -0.461 e. The van der Waals surface area contributed by atoms with Crippen LogP contribution in [0.2, 0.25) is 0 Å². The van der Waals surface area contributed by atoms with Crippen molar-refractivity contribution < 1.29 is 13.9 Å². The molecule has 1 aromatic carbocycles. The summed E-state index contributed by atoms with van der Waals surface area (Å²) >= 11 is 0. The quantitative estimate of drug-likeness (QED) is 0.574. The summed E-state index contributed by atoms with van der Waals surface area (Å²) in [5.74, 6) is -0.691. The molecule has 1 aromatic heterocycles. The van der Waals surface area contributed by atoms with Gasteiger partial charge in [-0.05, 0) is 18.2 Å². The maximum absolute atomic E-state index is 13.2. The highest BCUT2D eigenvalue weighted by atomic mass is 31.0. The molecule has 0 saturated carbocycles. The van der Waals surface area contributed by atoms with Crippen molar-refractivity contribution >= 4 is 20.5 Å². The first kappa shape index (κ1) is 11.4. The fraction of sp³-hybridized carbons (Fsp3) is 0.167. The standard InChI is InChI=1S/C12H10FN2O2P/c13-8-2-1-7(5-10(8)18)15-6-14-9-3-4-17-12(16)11(9)15/h1-2,5-6H,3-4,18H2. The van der Waals surface area contributed by atoms with E-state index in [1.54, 1.807) is 23.0 Å². The number of halogens is 1. The molecule has 4 nitrogen and oxygen atoms in total. The van der Waals surface area contributed by atoms with Gasteiger partial charge in [0.15, 0.2) is 5.69 Å². The topological polar surface area (TPSA) is 44.1 Å². The highest BCUT2D eigenvalue weighted by molar-refractivity contribution is 7.27. The van der Waals surface area contributed by atoms with Crippen molar-refractivity contribution in [2.75, 3.05) is 6.61 Å². The SMILES string of the molecule is O=C1OCCc2ncn(-c3ccc(F)c(P)c3)c21. The second-order valence-electron chi connectivity index (χ2n) is 4.00. The second kappa shape index (κ2) is 4.18. The normalized spacial score (nSPS) is 14.2. The molecule has 0 saturated heterocycles. The third-order valence-electron chi connectivity index (χ3n) is 2.87. The number of ether oxygens (including phenoxy) is 1. The van der Waals surface area contributed by atoms with E-state index in [1.807, 2.05) is 0 Å². The number of rotatable bonds is 1. The lowest BCUT2D eigenvalue weighted by atomic mass is 10.2. The van der Waals surface area contributed by atoms with E-state index >= 15 is 0 Å². The van der Waals surface area contributed by atoms with E-state index in [4.69, 9.17) is 4.74 Å². The molecule has 92 valence electrons. The molecule has 1 aliphatic rings. The molecule has 0 radical (unpaired) electrons. The first-order valence-corrected chi connectivity index (χ1v) is 6.03. The van der Waals surface area contributed by atoms with Crippen LogP contribution in [0.1, 0.15) is 16.2 Å². The van der Waals surface area contributed by atoms with Gasteiger partial charge in [0.05, 0.1) is 12.3 Å². The van der Waals surface area contributed by atoms with Crippen LogP contribution in [0.15, 0.2) is 24.5 Å². The lowest BCUT2D eigenvalue weighted by Crippen LogP contribution is -2.20. The summed E-state index contributed by atoms with van der Waals surface area (Å²) in [6.07, 6.45) is 2.18. The molecular formula is C12H10FN2O2P. The maximum Gasteiger partial charge on any atom is 0.357 e. The Morgan fingerprint density at radius 2 is 2.28 bits per heavy atom. The van der Waals surface area contributed by atoms with Gasteiger partial charge in [-0.3, -0.25) is 4.57 Å². The van der Waals surface area contributed by atoms with Crippen molar-refractivity contribution in [2.45, 2.75) is 6.42 Å². The molecule has 0 N–H and O–H groups in total. The first-order valence-electron chi connectivity index (χ1n) is 5.45. The van der Waals surface area contributed by atoms with Crippen LogP contribution in [-0.2, 0) is 11.2 Å². The van der Waals surface area contributed by atoms with Gasteiger partial charge < -0.3 is 4.74 Å². The van der Waals surface area contributed by atoms with Gasteiger partial charge in [-0.15, -0.1) is 9.24 Å². The minimum atomic E-state index is -0.386. The molecule has 1 unspecified atom stereocenters. The number of benzene rings is 1. The predicted molar refractivity (Wildman–Crippen MR) is 66.9 cm³/mol. The molecule has 0 fully saturated rings. The fourth-order valence-electron chi connectivity index (χ4n) is 1.97. The molecule has 2 aromatic rings. The van der Waals surface area contributed by atoms with Crippen LogP contribution in [0, 0.1) is 5.82 Å². The molecule has 1 atom stereocenters. The van der Waals surface area contributed by atoms with Gasteiger partial charge in [-0.1, -0.05) is 0 Å². The summed E-state index contributed by atoms with van der Waals surface area (Å²) in [7, 11) is 2.32. The van der Waals surface area contributed by atoms with Crippen molar-refractivity contribution in [1.82, 2.24) is 9.55 Å². The van der Waals surface area contributed by atoms with Crippen molar-refractivity contribution in [3.05, 3.63) is 41.7 Å². The summed E-state index contributed by atoms with van der Waals surface area (Å²) in [5, 5.41) is 0.444. The second-order valence-corrected chi connectivity index (χ2v) is 4.62. The number of fused-ring (bicyclic) bond motifs is 1. The van der Waals surface area contributed by atoms with Crippen LogP contribution in [0.5, 0.6) is 0 Å². The van der Waals surface area contributed by atoms with Gasteiger partial charge in [0, 0.05) is 17.4 Å². The average molecular weight is 264 g/mol. The predicted octanol–water partition coefficient (Wildman–Crippen LogP) is 1.22. The Morgan fingerprint density at radius 1 is 1.44 bits per heavy atom. The van der Waals surface area contributed by atoms with E-state index in [1.165, 1.54) is 6.07 Å². The van der Waals surface area contributed by atoms with Gasteiger partial charge >= 0.3 is 5.97 Å². The summed E-state index contributed by atoms with van der Waals surface area (Å²) in [5.41, 5.74) is 1.84. The summed E-state index contributed by atoms with van der Waals surface area (Å²) < 4.78 is 19.8. The van der Waals surface area contributed by atoms with Crippen LogP contribution in [0.3, 0.4) is 0 Å². The maximum atomic E-state index is 13.2. The van der Waals surface area contributed by atoms with Crippen LogP contribution in [0.4, 0.5) is 4.39 Å². The zero-order chi connectivity index (χ0) is 12.7. The monoisotopic (exact) mass is 264 g/mol. The number of nitrogens with zero attached hydrogens (tertiary/aromatic N) is 2. The highest BCUT2D eigenvalue weighted by Crippen LogP contribution is 2.20. The smallest absolute Gasteiger partial charge is 0.357 e. The van der Waals surface area contributed by atoms with Crippen LogP contribution < -0.4 is 5.30 Å². The van der Waals surface area contributed by atoms with Gasteiger partial charge in [-0.25, -0.2) is 14.2 Å². The summed E-state index contributed by atoms with van der Waals surface area (Å²) in [4.78, 5) is 15.9. The largest absolute Gasteiger partial charge is 0.461 e. The van der Waals surface area contributed by atoms with Gasteiger partial charge in [0.25, 0.3) is 0 Å². The number of carbonyl (C=O) groups excluding carboxylic acids is 1. The summed E-state index contributed by atoms with van der Waals surface area (Å²) in [6, 6.07) is 4.61. The van der Waals surface area contributed by atoms with Gasteiger partial charge in [0.2, 0.25) is 0 Å². The molecule has 2 heterocycles. The molecular weight excluding hydrogens is 254 g/mol. The summed E-state index contributed by atoms with van der Waals surface area (Å²) in [6.45, 7) is 0.362. The molecule has 0 amide bonds. The van der Waals surface area contributed by atoms with Gasteiger partial charge in [-0.2, -0.15) is 0 Å². The fourth-order valence-corrected chi connectivity index (χ4v) is 2.24. The molecule has 18 heavy (non-hydrogen) atoms. The van der Waals surface area contributed by atoms with Gasteiger partial charge in [0.1, 0.15) is 12.1 Å². The molecule has 0 aliphatic carbocycles. The molecule has 6 heteroatoms. The van der Waals surface area contributed by atoms with Crippen LogP contribution in [0.25, 0.3) is 5.69 Å². The number of cyclic esters (lactones) is 1. The number of hydrogen-bond acceptors (Lipinski definition) is 3. The average Bonchev–Trinajstić information content (AvgIpc) is 2.78.